The second kappa shape index (κ2) is 38.1. The molecule has 0 unspecified atom stereocenters. The molecule has 0 saturated heterocycles. The van der Waals surface area contributed by atoms with Gasteiger partial charge in [-0.3, -0.25) is 24.0 Å². The Morgan fingerprint density at radius 1 is 0.482 bits per heavy atom. The molecule has 0 saturated carbocycles. The number of Topliss-reactive ketones (excluding diaryl/α,β-unsaturated/α-hetero) is 3. The molecule has 56 heavy (non-hydrogen) atoms. The number of amides is 2. The number of carbonyl (C=O) groups is 5. The van der Waals surface area contributed by atoms with Crippen molar-refractivity contribution in [3.05, 3.63) is 12.2 Å². The third kappa shape index (κ3) is 31.6. The summed E-state index contributed by atoms with van der Waals surface area (Å²) in [7, 11) is 0. The highest BCUT2D eigenvalue weighted by atomic mass is 16.2. The van der Waals surface area contributed by atoms with E-state index in [2.05, 4.69) is 19.1 Å². The molecule has 0 bridgehead atoms. The second-order valence-corrected chi connectivity index (χ2v) is 16.2. The van der Waals surface area contributed by atoms with Crippen molar-refractivity contribution in [2.75, 3.05) is 52.4 Å². The fourth-order valence-electron chi connectivity index (χ4n) is 7.31. The third-order valence-corrected chi connectivity index (χ3v) is 10.5. The standard InChI is InChI=1S/C45H86N6O5/c1-3-4-5-6-7-8-9-10-11-12-13-14-15-16-17-26-42(53)33-40(24-18-20-29-46)37-51(45(56)28-23-32-49)38-43(54)34-41(25-19-21-30-47)36-50(35-39(2)52)44(55)27-22-31-48/h10-11,40-41H,3-9,12-38,46-49H2,1-2H3/b11-10-/t40-,41-/m1/s1. The summed E-state index contributed by atoms with van der Waals surface area (Å²) in [5.74, 6) is -0.517. The van der Waals surface area contributed by atoms with Crippen molar-refractivity contribution in [2.45, 2.75) is 181 Å². The number of rotatable bonds is 41. The van der Waals surface area contributed by atoms with Crippen molar-refractivity contribution in [3.8, 4) is 0 Å². The number of carbonyl (C=O) groups excluding carboxylic acids is 5. The van der Waals surface area contributed by atoms with Crippen LogP contribution >= 0.6 is 0 Å². The number of nitrogens with two attached hydrogens (primary N) is 4. The summed E-state index contributed by atoms with van der Waals surface area (Å²) in [4.78, 5) is 68.7. The SMILES string of the molecule is CCCCCCCC/C=C\CCCCCCCC(=O)C[C@@H](CCCCN)CN(CC(=O)C[C@@H](CCCCN)CN(CC(C)=O)C(=O)CCCN)C(=O)CCCN. The van der Waals surface area contributed by atoms with E-state index in [1.54, 1.807) is 9.80 Å². The minimum absolute atomic E-state index is 0.00973. The van der Waals surface area contributed by atoms with Gasteiger partial charge in [0.2, 0.25) is 11.8 Å². The molecule has 0 aliphatic heterocycles. The molecular formula is C45H86N6O5. The quantitative estimate of drug-likeness (QED) is 0.0367. The lowest BCUT2D eigenvalue weighted by Crippen LogP contribution is -2.42. The van der Waals surface area contributed by atoms with Gasteiger partial charge in [0.25, 0.3) is 0 Å². The summed E-state index contributed by atoms with van der Waals surface area (Å²) < 4.78 is 0. The van der Waals surface area contributed by atoms with Gasteiger partial charge in [-0.25, -0.2) is 0 Å². The highest BCUT2D eigenvalue weighted by molar-refractivity contribution is 5.87. The minimum Gasteiger partial charge on any atom is -0.335 e. The number of unbranched alkanes of at least 4 members (excludes halogenated alkanes) is 13. The molecule has 2 atom stereocenters. The molecule has 0 aromatic heterocycles. The van der Waals surface area contributed by atoms with Crippen LogP contribution in [0, 0.1) is 11.8 Å². The lowest BCUT2D eigenvalue weighted by atomic mass is 9.92. The van der Waals surface area contributed by atoms with Crippen LogP contribution in [0.4, 0.5) is 0 Å². The van der Waals surface area contributed by atoms with Crippen LogP contribution in [0.25, 0.3) is 0 Å². The smallest absolute Gasteiger partial charge is 0.223 e. The highest BCUT2D eigenvalue weighted by Gasteiger charge is 2.26. The Hall–Kier alpha value is -2.47. The second-order valence-electron chi connectivity index (χ2n) is 16.2. The van der Waals surface area contributed by atoms with E-state index in [1.807, 2.05) is 0 Å². The maximum Gasteiger partial charge on any atom is 0.223 e. The van der Waals surface area contributed by atoms with Gasteiger partial charge in [-0.2, -0.15) is 0 Å². The van der Waals surface area contributed by atoms with E-state index in [-0.39, 0.29) is 79.9 Å². The number of allylic oxidation sites excluding steroid dienone is 2. The van der Waals surface area contributed by atoms with Crippen LogP contribution in [0.3, 0.4) is 0 Å². The molecule has 0 aliphatic carbocycles. The first-order chi connectivity index (χ1) is 27.1. The van der Waals surface area contributed by atoms with Crippen molar-refractivity contribution >= 4 is 29.2 Å². The van der Waals surface area contributed by atoms with Gasteiger partial charge in [0, 0.05) is 45.2 Å². The van der Waals surface area contributed by atoms with Gasteiger partial charge in [0.15, 0.2) is 5.78 Å². The maximum atomic E-state index is 13.7. The molecule has 0 heterocycles. The van der Waals surface area contributed by atoms with Crippen molar-refractivity contribution in [1.29, 1.82) is 0 Å². The molecule has 0 fully saturated rings. The van der Waals surface area contributed by atoms with Gasteiger partial charge in [-0.1, -0.05) is 83.3 Å². The summed E-state index contributed by atoms with van der Waals surface area (Å²) >= 11 is 0. The van der Waals surface area contributed by atoms with E-state index in [1.165, 1.54) is 64.7 Å². The predicted molar refractivity (Wildman–Crippen MR) is 232 cm³/mol. The first-order valence-electron chi connectivity index (χ1n) is 22.6. The first-order valence-corrected chi connectivity index (χ1v) is 22.6. The van der Waals surface area contributed by atoms with Crippen molar-refractivity contribution < 1.29 is 24.0 Å². The fraction of sp³-hybridized carbons (Fsp3) is 0.844. The fourth-order valence-corrected chi connectivity index (χ4v) is 7.31. The van der Waals surface area contributed by atoms with E-state index in [9.17, 15) is 24.0 Å². The minimum atomic E-state index is -0.176. The summed E-state index contributed by atoms with van der Waals surface area (Å²) in [5, 5.41) is 0. The summed E-state index contributed by atoms with van der Waals surface area (Å²) in [6, 6.07) is 0. The molecule has 0 rings (SSSR count). The Morgan fingerprint density at radius 2 is 0.911 bits per heavy atom. The zero-order chi connectivity index (χ0) is 41.7. The molecule has 11 nitrogen and oxygen atoms in total. The van der Waals surface area contributed by atoms with Crippen molar-refractivity contribution in [2.24, 2.45) is 34.8 Å². The number of ketones is 3. The molecular weight excluding hydrogens is 705 g/mol. The molecule has 0 aliphatic rings. The van der Waals surface area contributed by atoms with Crippen LogP contribution < -0.4 is 22.9 Å². The average Bonchev–Trinajstić information content (AvgIpc) is 3.16. The van der Waals surface area contributed by atoms with Gasteiger partial charge in [0.05, 0.1) is 13.1 Å². The van der Waals surface area contributed by atoms with Gasteiger partial charge in [-0.15, -0.1) is 0 Å². The van der Waals surface area contributed by atoms with Crippen LogP contribution in [-0.2, 0) is 24.0 Å². The van der Waals surface area contributed by atoms with E-state index in [4.69, 9.17) is 22.9 Å². The van der Waals surface area contributed by atoms with Gasteiger partial charge in [-0.05, 0) is 116 Å². The average molecular weight is 791 g/mol. The largest absolute Gasteiger partial charge is 0.335 e. The topological polar surface area (TPSA) is 196 Å². The Bertz CT molecular complexity index is 1050. The monoisotopic (exact) mass is 791 g/mol. The van der Waals surface area contributed by atoms with E-state index in [0.29, 0.717) is 64.8 Å². The zero-order valence-electron chi connectivity index (χ0n) is 36.1. The molecule has 2 amide bonds. The summed E-state index contributed by atoms with van der Waals surface area (Å²) in [6.45, 7) is 6.10. The van der Waals surface area contributed by atoms with Crippen LogP contribution in [0.1, 0.15) is 181 Å². The van der Waals surface area contributed by atoms with Gasteiger partial charge < -0.3 is 32.7 Å². The lowest BCUT2D eigenvalue weighted by molar-refractivity contribution is -0.137. The van der Waals surface area contributed by atoms with Crippen LogP contribution in [0.2, 0.25) is 0 Å². The molecule has 326 valence electrons. The van der Waals surface area contributed by atoms with E-state index in [0.717, 1.165) is 57.8 Å². The van der Waals surface area contributed by atoms with Crippen molar-refractivity contribution in [1.82, 2.24) is 9.80 Å². The van der Waals surface area contributed by atoms with Crippen LogP contribution in [-0.4, -0.2) is 91.3 Å². The third-order valence-electron chi connectivity index (χ3n) is 10.5. The maximum absolute atomic E-state index is 13.7. The van der Waals surface area contributed by atoms with Gasteiger partial charge in [0.1, 0.15) is 11.6 Å². The van der Waals surface area contributed by atoms with Crippen LogP contribution in [0.15, 0.2) is 12.2 Å². The number of nitrogens with zero attached hydrogens (tertiary/aromatic N) is 2. The predicted octanol–water partition coefficient (Wildman–Crippen LogP) is 7.16. The zero-order valence-corrected chi connectivity index (χ0v) is 36.1. The first kappa shape index (κ1) is 53.5. The van der Waals surface area contributed by atoms with E-state index < -0.39 is 0 Å². The Balaban J connectivity index is 5.32. The molecule has 11 heteroatoms. The Morgan fingerprint density at radius 3 is 1.38 bits per heavy atom. The van der Waals surface area contributed by atoms with Crippen LogP contribution in [0.5, 0.6) is 0 Å². The number of hydrogen-bond donors (Lipinski definition) is 4. The lowest BCUT2D eigenvalue weighted by Gasteiger charge is -2.29. The molecule has 0 radical (unpaired) electrons. The Labute approximate surface area is 342 Å². The highest BCUT2D eigenvalue weighted by Crippen LogP contribution is 2.21. The summed E-state index contributed by atoms with van der Waals surface area (Å²) in [5.41, 5.74) is 22.9. The molecule has 8 N–H and O–H groups in total. The number of hydrogen-bond acceptors (Lipinski definition) is 9. The van der Waals surface area contributed by atoms with Gasteiger partial charge >= 0.3 is 0 Å². The van der Waals surface area contributed by atoms with E-state index >= 15 is 0 Å². The van der Waals surface area contributed by atoms with Crippen molar-refractivity contribution in [3.63, 3.8) is 0 Å². The summed E-state index contributed by atoms with van der Waals surface area (Å²) in [6.07, 6.45) is 27.8. The molecule has 0 aromatic carbocycles. The molecule has 0 aromatic rings. The Kier molecular flexibility index (Phi) is 36.4. The molecule has 0 spiro atoms. The normalized spacial score (nSPS) is 12.5.